The second kappa shape index (κ2) is 7.24. The molecule has 0 aromatic carbocycles. The Morgan fingerprint density at radius 1 is 1.33 bits per heavy atom. The first-order chi connectivity index (χ1) is 7.26. The molecule has 15 heavy (non-hydrogen) atoms. The molecule has 0 bridgehead atoms. The van der Waals surface area contributed by atoms with Gasteiger partial charge in [0.2, 0.25) is 0 Å². The maximum absolute atomic E-state index is 5.90. The smallest absolute Gasteiger partial charge is 0.00824 e. The first-order valence-electron chi connectivity index (χ1n) is 6.75. The molecule has 0 saturated heterocycles. The van der Waals surface area contributed by atoms with Crippen LogP contribution in [0.1, 0.15) is 58.8 Å². The largest absolute Gasteiger partial charge is 0.328 e. The van der Waals surface area contributed by atoms with E-state index < -0.39 is 0 Å². The summed E-state index contributed by atoms with van der Waals surface area (Å²) in [4.78, 5) is 0. The molecule has 1 aliphatic rings. The summed E-state index contributed by atoms with van der Waals surface area (Å²) in [5.74, 6) is 0.877. The van der Waals surface area contributed by atoms with Gasteiger partial charge in [0.15, 0.2) is 0 Å². The van der Waals surface area contributed by atoms with Crippen molar-refractivity contribution < 1.29 is 0 Å². The van der Waals surface area contributed by atoms with Crippen LogP contribution < -0.4 is 11.1 Å². The molecule has 3 unspecified atom stereocenters. The zero-order chi connectivity index (χ0) is 11.1. The van der Waals surface area contributed by atoms with E-state index in [2.05, 4.69) is 19.2 Å². The molecule has 0 spiro atoms. The minimum absolute atomic E-state index is 0.457. The molecule has 3 N–H and O–H groups in total. The maximum atomic E-state index is 5.90. The van der Waals surface area contributed by atoms with Crippen molar-refractivity contribution in [1.29, 1.82) is 0 Å². The highest BCUT2D eigenvalue weighted by atomic mass is 14.9. The SMILES string of the molecule is CCCCC(CC)CNC1CCC(N)C1. The number of hydrogen-bond donors (Lipinski definition) is 2. The average Bonchev–Trinajstić information content (AvgIpc) is 2.65. The van der Waals surface area contributed by atoms with Crippen LogP contribution in [0.25, 0.3) is 0 Å². The Hall–Kier alpha value is -0.0800. The molecule has 90 valence electrons. The van der Waals surface area contributed by atoms with Crippen molar-refractivity contribution in [1.82, 2.24) is 5.32 Å². The molecule has 1 saturated carbocycles. The standard InChI is InChI=1S/C13H28N2/c1-3-5-6-11(4-2)10-15-13-8-7-12(14)9-13/h11-13,15H,3-10,14H2,1-2H3. The highest BCUT2D eigenvalue weighted by Crippen LogP contribution is 2.18. The molecule has 1 fully saturated rings. The van der Waals surface area contributed by atoms with Gasteiger partial charge in [-0.3, -0.25) is 0 Å². The Bertz CT molecular complexity index is 159. The molecule has 3 atom stereocenters. The summed E-state index contributed by atoms with van der Waals surface area (Å²) in [7, 11) is 0. The van der Waals surface area contributed by atoms with E-state index in [1.807, 2.05) is 0 Å². The van der Waals surface area contributed by atoms with Crippen molar-refractivity contribution in [2.24, 2.45) is 11.7 Å². The summed E-state index contributed by atoms with van der Waals surface area (Å²) < 4.78 is 0. The predicted octanol–water partition coefficient (Wildman–Crippen LogP) is 2.67. The normalized spacial score (nSPS) is 28.2. The summed E-state index contributed by atoms with van der Waals surface area (Å²) in [6.07, 6.45) is 9.08. The van der Waals surface area contributed by atoms with Crippen molar-refractivity contribution in [3.8, 4) is 0 Å². The van der Waals surface area contributed by atoms with Crippen molar-refractivity contribution in [3.63, 3.8) is 0 Å². The third kappa shape index (κ3) is 4.98. The molecular weight excluding hydrogens is 184 g/mol. The van der Waals surface area contributed by atoms with Crippen LogP contribution in [0, 0.1) is 5.92 Å². The highest BCUT2D eigenvalue weighted by molar-refractivity contribution is 4.83. The van der Waals surface area contributed by atoms with Gasteiger partial charge in [-0.15, -0.1) is 0 Å². The fraction of sp³-hybridized carbons (Fsp3) is 1.00. The average molecular weight is 212 g/mol. The van der Waals surface area contributed by atoms with E-state index in [0.29, 0.717) is 12.1 Å². The highest BCUT2D eigenvalue weighted by Gasteiger charge is 2.21. The van der Waals surface area contributed by atoms with Crippen molar-refractivity contribution >= 4 is 0 Å². The molecule has 2 heteroatoms. The van der Waals surface area contributed by atoms with Gasteiger partial charge in [-0.05, 0) is 38.1 Å². The predicted molar refractivity (Wildman–Crippen MR) is 66.9 cm³/mol. The topological polar surface area (TPSA) is 38.0 Å². The van der Waals surface area contributed by atoms with E-state index in [4.69, 9.17) is 5.73 Å². The van der Waals surface area contributed by atoms with Crippen molar-refractivity contribution in [3.05, 3.63) is 0 Å². The number of nitrogens with two attached hydrogens (primary N) is 1. The molecule has 0 radical (unpaired) electrons. The third-order valence-corrected chi connectivity index (χ3v) is 3.71. The molecule has 1 aliphatic carbocycles. The van der Waals surface area contributed by atoms with Crippen molar-refractivity contribution in [2.45, 2.75) is 70.9 Å². The number of rotatable bonds is 7. The van der Waals surface area contributed by atoms with Gasteiger partial charge in [0.1, 0.15) is 0 Å². The zero-order valence-electron chi connectivity index (χ0n) is 10.5. The Labute approximate surface area is 95.0 Å². The molecule has 0 aliphatic heterocycles. The van der Waals surface area contributed by atoms with Crippen LogP contribution in [0.3, 0.4) is 0 Å². The summed E-state index contributed by atoms with van der Waals surface area (Å²) in [5, 5.41) is 3.69. The monoisotopic (exact) mass is 212 g/mol. The summed E-state index contributed by atoms with van der Waals surface area (Å²) in [5.41, 5.74) is 5.90. The molecular formula is C13H28N2. The quantitative estimate of drug-likeness (QED) is 0.681. The fourth-order valence-corrected chi connectivity index (χ4v) is 2.48. The maximum Gasteiger partial charge on any atom is 0.00824 e. The van der Waals surface area contributed by atoms with E-state index in [1.54, 1.807) is 0 Å². The van der Waals surface area contributed by atoms with Crippen LogP contribution in [-0.2, 0) is 0 Å². The van der Waals surface area contributed by atoms with Crippen LogP contribution in [0.2, 0.25) is 0 Å². The van der Waals surface area contributed by atoms with Gasteiger partial charge in [-0.2, -0.15) is 0 Å². The van der Waals surface area contributed by atoms with Gasteiger partial charge in [-0.1, -0.05) is 33.1 Å². The molecule has 0 aromatic rings. The summed E-state index contributed by atoms with van der Waals surface area (Å²) >= 11 is 0. The lowest BCUT2D eigenvalue weighted by Gasteiger charge is -2.19. The lowest BCUT2D eigenvalue weighted by molar-refractivity contribution is 0.387. The molecule has 1 rings (SSSR count). The van der Waals surface area contributed by atoms with Gasteiger partial charge in [0.25, 0.3) is 0 Å². The van der Waals surface area contributed by atoms with E-state index >= 15 is 0 Å². The molecule has 0 amide bonds. The first-order valence-corrected chi connectivity index (χ1v) is 6.75. The lowest BCUT2D eigenvalue weighted by Crippen LogP contribution is -2.32. The van der Waals surface area contributed by atoms with Crippen molar-refractivity contribution in [2.75, 3.05) is 6.54 Å². The Morgan fingerprint density at radius 2 is 2.13 bits per heavy atom. The van der Waals surface area contributed by atoms with Crippen LogP contribution in [0.15, 0.2) is 0 Å². The fourth-order valence-electron chi connectivity index (χ4n) is 2.48. The van der Waals surface area contributed by atoms with Gasteiger partial charge < -0.3 is 11.1 Å². The zero-order valence-corrected chi connectivity index (χ0v) is 10.5. The van der Waals surface area contributed by atoms with E-state index in [-0.39, 0.29) is 0 Å². The minimum Gasteiger partial charge on any atom is -0.328 e. The van der Waals surface area contributed by atoms with E-state index in [0.717, 1.165) is 5.92 Å². The van der Waals surface area contributed by atoms with Crippen LogP contribution >= 0.6 is 0 Å². The second-order valence-electron chi connectivity index (χ2n) is 5.09. The van der Waals surface area contributed by atoms with Crippen LogP contribution in [-0.4, -0.2) is 18.6 Å². The summed E-state index contributed by atoms with van der Waals surface area (Å²) in [6, 6.07) is 1.16. The van der Waals surface area contributed by atoms with Gasteiger partial charge in [0, 0.05) is 12.1 Å². The molecule has 2 nitrogen and oxygen atoms in total. The molecule has 0 heterocycles. The minimum atomic E-state index is 0.457. The summed E-state index contributed by atoms with van der Waals surface area (Å²) in [6.45, 7) is 5.78. The Kier molecular flexibility index (Phi) is 6.26. The van der Waals surface area contributed by atoms with Gasteiger partial charge in [-0.25, -0.2) is 0 Å². The number of nitrogens with one attached hydrogen (secondary N) is 1. The van der Waals surface area contributed by atoms with Crippen LogP contribution in [0.5, 0.6) is 0 Å². The number of hydrogen-bond acceptors (Lipinski definition) is 2. The van der Waals surface area contributed by atoms with Crippen LogP contribution in [0.4, 0.5) is 0 Å². The Balaban J connectivity index is 2.10. The van der Waals surface area contributed by atoms with Gasteiger partial charge in [0.05, 0.1) is 0 Å². The molecule has 0 aromatic heterocycles. The van der Waals surface area contributed by atoms with E-state index in [1.165, 1.54) is 51.5 Å². The Morgan fingerprint density at radius 3 is 2.67 bits per heavy atom. The van der Waals surface area contributed by atoms with E-state index in [9.17, 15) is 0 Å². The lowest BCUT2D eigenvalue weighted by atomic mass is 9.99. The second-order valence-corrected chi connectivity index (χ2v) is 5.09. The van der Waals surface area contributed by atoms with Gasteiger partial charge >= 0.3 is 0 Å². The number of unbranched alkanes of at least 4 members (excludes halogenated alkanes) is 1. The third-order valence-electron chi connectivity index (χ3n) is 3.71. The first kappa shape index (κ1) is 13.0.